The summed E-state index contributed by atoms with van der Waals surface area (Å²) in [5.74, 6) is 1.73. The number of hydrogen-bond donors (Lipinski definition) is 0. The molecule has 0 aliphatic heterocycles. The molecule has 0 fully saturated rings. The third-order valence-electron chi connectivity index (χ3n) is 2.02. The largest absolute Gasteiger partial charge is 0.530 e. The fraction of sp³-hybridized carbons (Fsp3) is 0.364. The maximum absolute atomic E-state index is 11.0. The van der Waals surface area contributed by atoms with Gasteiger partial charge in [0.15, 0.2) is 0 Å². The van der Waals surface area contributed by atoms with E-state index in [0.29, 0.717) is 17.3 Å². The Bertz CT molecular complexity index is 342. The van der Waals surface area contributed by atoms with E-state index in [2.05, 4.69) is 0 Å². The first-order valence-corrected chi connectivity index (χ1v) is 6.50. The molecule has 0 unspecified atom stereocenters. The van der Waals surface area contributed by atoms with Crippen molar-refractivity contribution in [2.24, 2.45) is 0 Å². The minimum absolute atomic E-state index is 0.433. The molecule has 3 nitrogen and oxygen atoms in total. The molecule has 0 saturated carbocycles. The zero-order chi connectivity index (χ0) is 12.0. The van der Waals surface area contributed by atoms with Crippen molar-refractivity contribution in [2.45, 2.75) is 6.92 Å². The van der Waals surface area contributed by atoms with Crippen LogP contribution in [0, 0.1) is 0 Å². The Kier molecular flexibility index (Phi) is 5.49. The fourth-order valence-corrected chi connectivity index (χ4v) is 1.97. The van der Waals surface area contributed by atoms with Gasteiger partial charge in [-0.15, -0.1) is 0 Å². The summed E-state index contributed by atoms with van der Waals surface area (Å²) in [7, 11) is 0. The van der Waals surface area contributed by atoms with Gasteiger partial charge in [-0.25, -0.2) is 0 Å². The van der Waals surface area contributed by atoms with E-state index in [1.807, 2.05) is 6.92 Å². The van der Waals surface area contributed by atoms with Gasteiger partial charge in [0.2, 0.25) is 0 Å². The normalized spacial score (nSPS) is 10.1. The van der Waals surface area contributed by atoms with Crippen molar-refractivity contribution in [1.82, 2.24) is 0 Å². The van der Waals surface area contributed by atoms with Gasteiger partial charge in [-0.2, -0.15) is 11.8 Å². The molecule has 0 atom stereocenters. The average Bonchev–Trinajstić information content (AvgIpc) is 2.26. The number of anilines is 1. The number of carboxylic acid groups (broad SMARTS) is 1. The first-order valence-electron chi connectivity index (χ1n) is 4.97. The summed E-state index contributed by atoms with van der Waals surface area (Å²) in [5.41, 5.74) is 0.598. The molecule has 0 aromatic heterocycles. The second kappa shape index (κ2) is 6.66. The number of halogens is 1. The van der Waals surface area contributed by atoms with Gasteiger partial charge < -0.3 is 14.8 Å². The molecule has 5 heteroatoms. The molecule has 0 heterocycles. The summed E-state index contributed by atoms with van der Waals surface area (Å²) in [6.45, 7) is 2.47. The number of carbonyl (C=O) groups is 1. The highest BCUT2D eigenvalue weighted by Crippen LogP contribution is 2.18. The molecular formula is C11H13ClNO2S-. The molecule has 16 heavy (non-hydrogen) atoms. The van der Waals surface area contributed by atoms with Gasteiger partial charge in [-0.05, 0) is 30.0 Å². The number of amides is 1. The van der Waals surface area contributed by atoms with Crippen LogP contribution in [0.3, 0.4) is 0 Å². The molecule has 0 spiro atoms. The SMILES string of the molecule is CCSCCN(C(=O)[O-])c1ccc(Cl)cc1. The Hall–Kier alpha value is -0.870. The lowest BCUT2D eigenvalue weighted by Crippen LogP contribution is -2.42. The second-order valence-corrected chi connectivity index (χ2v) is 4.92. The third-order valence-corrected chi connectivity index (χ3v) is 3.15. The van der Waals surface area contributed by atoms with E-state index >= 15 is 0 Å². The Morgan fingerprint density at radius 3 is 2.56 bits per heavy atom. The molecule has 0 aliphatic carbocycles. The maximum Gasteiger partial charge on any atom is 0.141 e. The fourth-order valence-electron chi connectivity index (χ4n) is 1.25. The summed E-state index contributed by atoms with van der Waals surface area (Å²) in [6, 6.07) is 6.68. The van der Waals surface area contributed by atoms with Crippen LogP contribution in [0.25, 0.3) is 0 Å². The van der Waals surface area contributed by atoms with Crippen molar-refractivity contribution < 1.29 is 9.90 Å². The van der Waals surface area contributed by atoms with Gasteiger partial charge in [0.05, 0.1) is 0 Å². The quantitative estimate of drug-likeness (QED) is 0.761. The van der Waals surface area contributed by atoms with Crippen LogP contribution >= 0.6 is 23.4 Å². The van der Waals surface area contributed by atoms with Crippen LogP contribution in [-0.2, 0) is 0 Å². The highest BCUT2D eigenvalue weighted by atomic mass is 35.5. The lowest BCUT2D eigenvalue weighted by atomic mass is 10.3. The molecule has 0 radical (unpaired) electrons. The lowest BCUT2D eigenvalue weighted by Gasteiger charge is -2.24. The van der Waals surface area contributed by atoms with Crippen LogP contribution in [0.5, 0.6) is 0 Å². The summed E-state index contributed by atoms with van der Waals surface area (Å²) in [5, 5.41) is 11.5. The minimum Gasteiger partial charge on any atom is -0.530 e. The van der Waals surface area contributed by atoms with Crippen LogP contribution in [0.15, 0.2) is 24.3 Å². The number of nitrogens with zero attached hydrogens (tertiary/aromatic N) is 1. The van der Waals surface area contributed by atoms with Crippen LogP contribution in [0.2, 0.25) is 5.02 Å². The zero-order valence-corrected chi connectivity index (χ0v) is 10.6. The van der Waals surface area contributed by atoms with Crippen molar-refractivity contribution >= 4 is 35.1 Å². The van der Waals surface area contributed by atoms with E-state index in [1.165, 1.54) is 4.90 Å². The number of rotatable bonds is 5. The van der Waals surface area contributed by atoms with Crippen molar-refractivity contribution in [2.75, 3.05) is 23.0 Å². The standard InChI is InChI=1S/C11H14ClNO2S/c1-2-16-8-7-13(11(14)15)10-5-3-9(12)4-6-10/h3-6H,2,7-8H2,1H3,(H,14,15)/p-1. The molecule has 0 saturated heterocycles. The number of benzene rings is 1. The third kappa shape index (κ3) is 3.94. The zero-order valence-electron chi connectivity index (χ0n) is 8.98. The van der Waals surface area contributed by atoms with E-state index in [0.717, 1.165) is 11.5 Å². The van der Waals surface area contributed by atoms with E-state index < -0.39 is 6.09 Å². The monoisotopic (exact) mass is 258 g/mol. The predicted octanol–water partition coefficient (Wildman–Crippen LogP) is 2.24. The maximum atomic E-state index is 11.0. The second-order valence-electron chi connectivity index (χ2n) is 3.09. The van der Waals surface area contributed by atoms with Gasteiger partial charge in [0.1, 0.15) is 6.09 Å². The van der Waals surface area contributed by atoms with Crippen molar-refractivity contribution in [3.05, 3.63) is 29.3 Å². The van der Waals surface area contributed by atoms with Gasteiger partial charge in [0, 0.05) is 23.0 Å². The molecular weight excluding hydrogens is 246 g/mol. The van der Waals surface area contributed by atoms with E-state index in [1.54, 1.807) is 36.0 Å². The summed E-state index contributed by atoms with van der Waals surface area (Å²) in [4.78, 5) is 12.2. The van der Waals surface area contributed by atoms with Crippen LogP contribution in [0.4, 0.5) is 10.5 Å². The number of thioether (sulfide) groups is 1. The lowest BCUT2D eigenvalue weighted by molar-refractivity contribution is -0.246. The first-order chi connectivity index (χ1) is 7.65. The summed E-state index contributed by atoms with van der Waals surface area (Å²) < 4.78 is 0. The molecule has 1 aromatic rings. The van der Waals surface area contributed by atoms with Gasteiger partial charge >= 0.3 is 0 Å². The van der Waals surface area contributed by atoms with E-state index in [4.69, 9.17) is 11.6 Å². The van der Waals surface area contributed by atoms with E-state index in [-0.39, 0.29) is 0 Å². The molecule has 0 N–H and O–H groups in total. The molecule has 1 aromatic carbocycles. The number of hydrogen-bond acceptors (Lipinski definition) is 3. The van der Waals surface area contributed by atoms with Crippen LogP contribution < -0.4 is 10.0 Å². The van der Waals surface area contributed by atoms with Crippen molar-refractivity contribution in [1.29, 1.82) is 0 Å². The smallest absolute Gasteiger partial charge is 0.141 e. The van der Waals surface area contributed by atoms with Crippen molar-refractivity contribution in [3.63, 3.8) is 0 Å². The first kappa shape index (κ1) is 13.2. The molecule has 1 rings (SSSR count). The highest BCUT2D eigenvalue weighted by Gasteiger charge is 2.06. The van der Waals surface area contributed by atoms with E-state index in [9.17, 15) is 9.90 Å². The van der Waals surface area contributed by atoms with Gasteiger partial charge in [0.25, 0.3) is 0 Å². The predicted molar refractivity (Wildman–Crippen MR) is 67.2 cm³/mol. The molecule has 0 aliphatic rings. The molecule has 0 bridgehead atoms. The minimum atomic E-state index is -1.18. The molecule has 88 valence electrons. The van der Waals surface area contributed by atoms with Gasteiger partial charge in [-0.3, -0.25) is 0 Å². The average molecular weight is 259 g/mol. The Morgan fingerprint density at radius 2 is 2.06 bits per heavy atom. The van der Waals surface area contributed by atoms with Crippen molar-refractivity contribution in [3.8, 4) is 0 Å². The highest BCUT2D eigenvalue weighted by molar-refractivity contribution is 7.99. The summed E-state index contributed by atoms with van der Waals surface area (Å²) >= 11 is 7.43. The van der Waals surface area contributed by atoms with Crippen LogP contribution in [-0.4, -0.2) is 24.1 Å². The topological polar surface area (TPSA) is 43.4 Å². The Labute approximate surface area is 104 Å². The Balaban J connectivity index is 2.69. The van der Waals surface area contributed by atoms with Crippen LogP contribution in [0.1, 0.15) is 6.92 Å². The Morgan fingerprint density at radius 1 is 1.44 bits per heavy atom. The molecule has 1 amide bonds. The van der Waals surface area contributed by atoms with Gasteiger partial charge in [-0.1, -0.05) is 18.5 Å². The summed E-state index contributed by atoms with van der Waals surface area (Å²) in [6.07, 6.45) is -1.18. The number of carbonyl (C=O) groups excluding carboxylic acids is 1.